The Balaban J connectivity index is 2.22. The highest BCUT2D eigenvalue weighted by atomic mass is 32.1. The lowest BCUT2D eigenvalue weighted by Gasteiger charge is -1.83. The van der Waals surface area contributed by atoms with Gasteiger partial charge in [0.05, 0.1) is 17.1 Å². The zero-order valence-electron chi connectivity index (χ0n) is 7.12. The van der Waals surface area contributed by atoms with Crippen molar-refractivity contribution in [2.45, 2.75) is 6.54 Å². The van der Waals surface area contributed by atoms with Crippen LogP contribution in [0, 0.1) is 0 Å². The van der Waals surface area contributed by atoms with Crippen LogP contribution in [0.3, 0.4) is 0 Å². The van der Waals surface area contributed by atoms with Crippen LogP contribution in [0.1, 0.15) is 5.69 Å². The highest BCUT2D eigenvalue weighted by Gasteiger charge is 2.05. The largest absolute Gasteiger partial charge is 0.355 e. The maximum absolute atomic E-state index is 8.12. The maximum Gasteiger partial charge on any atom is 0.177 e. The highest BCUT2D eigenvalue weighted by molar-refractivity contribution is 7.13. The molecule has 0 aliphatic rings. The first-order valence-corrected chi connectivity index (χ1v) is 4.78. The molecule has 0 unspecified atom stereocenters. The van der Waals surface area contributed by atoms with Crippen LogP contribution in [0.2, 0.25) is 0 Å². The molecule has 2 heterocycles. The fraction of sp³-hybridized carbons (Fsp3) is 0.125. The second kappa shape index (κ2) is 3.95. The van der Waals surface area contributed by atoms with Crippen LogP contribution in [0.15, 0.2) is 33.2 Å². The van der Waals surface area contributed by atoms with E-state index in [1.807, 2.05) is 17.5 Å². The predicted molar refractivity (Wildman–Crippen MR) is 52.7 cm³/mol. The quantitative estimate of drug-likeness (QED) is 0.439. The van der Waals surface area contributed by atoms with Gasteiger partial charge in [-0.05, 0) is 17.0 Å². The monoisotopic (exact) mass is 206 g/mol. The number of hydrogen-bond donors (Lipinski definition) is 0. The Bertz CT molecular complexity index is 455. The van der Waals surface area contributed by atoms with E-state index >= 15 is 0 Å². The molecule has 0 saturated carbocycles. The van der Waals surface area contributed by atoms with E-state index in [2.05, 4.69) is 15.2 Å². The Morgan fingerprint density at radius 2 is 2.57 bits per heavy atom. The zero-order chi connectivity index (χ0) is 9.80. The van der Waals surface area contributed by atoms with Crippen molar-refractivity contribution in [3.63, 3.8) is 0 Å². The first-order chi connectivity index (χ1) is 6.90. The number of rotatable bonds is 3. The summed E-state index contributed by atoms with van der Waals surface area (Å²) in [4.78, 5) is 3.67. The van der Waals surface area contributed by atoms with Crippen molar-refractivity contribution in [1.82, 2.24) is 5.16 Å². The van der Waals surface area contributed by atoms with Crippen molar-refractivity contribution >= 4 is 11.3 Å². The van der Waals surface area contributed by atoms with E-state index in [1.165, 1.54) is 0 Å². The highest BCUT2D eigenvalue weighted by Crippen LogP contribution is 2.25. The molecule has 0 fully saturated rings. The van der Waals surface area contributed by atoms with Crippen LogP contribution in [0.5, 0.6) is 0 Å². The molecule has 2 aromatic rings. The Morgan fingerprint density at radius 1 is 1.64 bits per heavy atom. The van der Waals surface area contributed by atoms with Crippen LogP contribution in [-0.4, -0.2) is 5.16 Å². The topological polar surface area (TPSA) is 74.8 Å². The summed E-state index contributed by atoms with van der Waals surface area (Å²) in [7, 11) is 0. The van der Waals surface area contributed by atoms with Gasteiger partial charge in [0.1, 0.15) is 0 Å². The van der Waals surface area contributed by atoms with Gasteiger partial charge in [-0.1, -0.05) is 16.3 Å². The summed E-state index contributed by atoms with van der Waals surface area (Å²) in [6, 6.07) is 5.67. The van der Waals surface area contributed by atoms with E-state index in [0.717, 1.165) is 4.88 Å². The van der Waals surface area contributed by atoms with Gasteiger partial charge in [-0.3, -0.25) is 0 Å². The van der Waals surface area contributed by atoms with Crippen molar-refractivity contribution in [3.05, 3.63) is 39.7 Å². The fourth-order valence-electron chi connectivity index (χ4n) is 1.03. The molecule has 6 heteroatoms. The Kier molecular flexibility index (Phi) is 2.48. The molecular formula is C8H6N4OS. The number of aromatic nitrogens is 1. The standard InChI is InChI=1S/C8H6N4OS/c9-12-10-5-6-4-7(13-11-6)8-2-1-3-14-8/h1-4H,5H2. The molecule has 0 amide bonds. The van der Waals surface area contributed by atoms with E-state index in [-0.39, 0.29) is 6.54 Å². The third-order valence-corrected chi connectivity index (χ3v) is 2.50. The summed E-state index contributed by atoms with van der Waals surface area (Å²) in [5, 5.41) is 9.14. The number of nitrogens with zero attached hydrogens (tertiary/aromatic N) is 4. The molecule has 2 rings (SSSR count). The molecule has 0 saturated heterocycles. The average Bonchev–Trinajstić information content (AvgIpc) is 2.85. The molecule has 14 heavy (non-hydrogen) atoms. The molecule has 70 valence electrons. The van der Waals surface area contributed by atoms with Gasteiger partial charge in [-0.25, -0.2) is 0 Å². The molecule has 0 aliphatic heterocycles. The van der Waals surface area contributed by atoms with Crippen LogP contribution in [-0.2, 0) is 6.54 Å². The SMILES string of the molecule is [N-]=[N+]=NCc1cc(-c2cccs2)on1. The van der Waals surface area contributed by atoms with E-state index in [1.54, 1.807) is 17.4 Å². The van der Waals surface area contributed by atoms with Gasteiger partial charge in [-0.15, -0.1) is 11.3 Å². The average molecular weight is 206 g/mol. The predicted octanol–water partition coefficient (Wildman–Crippen LogP) is 3.21. The molecule has 0 aromatic carbocycles. The lowest BCUT2D eigenvalue weighted by Crippen LogP contribution is -1.75. The third-order valence-electron chi connectivity index (χ3n) is 1.62. The van der Waals surface area contributed by atoms with Crippen LogP contribution >= 0.6 is 11.3 Å². The summed E-state index contributed by atoms with van der Waals surface area (Å²) in [5.41, 5.74) is 8.76. The lowest BCUT2D eigenvalue weighted by molar-refractivity contribution is 0.424. The summed E-state index contributed by atoms with van der Waals surface area (Å²) >= 11 is 1.58. The van der Waals surface area contributed by atoms with E-state index < -0.39 is 0 Å². The van der Waals surface area contributed by atoms with Gasteiger partial charge in [0.25, 0.3) is 0 Å². The number of hydrogen-bond acceptors (Lipinski definition) is 4. The first kappa shape index (κ1) is 8.80. The Labute approximate surface area is 83.6 Å². The van der Waals surface area contributed by atoms with Crippen LogP contribution in [0.4, 0.5) is 0 Å². The number of azide groups is 1. The third kappa shape index (κ3) is 1.76. The molecule has 0 radical (unpaired) electrons. The van der Waals surface area contributed by atoms with E-state index in [4.69, 9.17) is 10.1 Å². The molecule has 5 nitrogen and oxygen atoms in total. The van der Waals surface area contributed by atoms with Gasteiger partial charge in [-0.2, -0.15) is 0 Å². The smallest absolute Gasteiger partial charge is 0.177 e. The van der Waals surface area contributed by atoms with Crippen molar-refractivity contribution in [1.29, 1.82) is 0 Å². The van der Waals surface area contributed by atoms with Gasteiger partial charge in [0, 0.05) is 11.0 Å². The summed E-state index contributed by atoms with van der Waals surface area (Å²) < 4.78 is 5.08. The molecule has 0 N–H and O–H groups in total. The second-order valence-corrected chi connectivity index (χ2v) is 3.50. The Morgan fingerprint density at radius 3 is 3.29 bits per heavy atom. The van der Waals surface area contributed by atoms with Gasteiger partial charge in [0.2, 0.25) is 0 Å². The van der Waals surface area contributed by atoms with E-state index in [0.29, 0.717) is 11.5 Å². The van der Waals surface area contributed by atoms with Crippen molar-refractivity contribution < 1.29 is 4.52 Å². The molecule has 0 bridgehead atoms. The molecular weight excluding hydrogens is 200 g/mol. The minimum atomic E-state index is 0.228. The first-order valence-electron chi connectivity index (χ1n) is 3.90. The van der Waals surface area contributed by atoms with Crippen LogP contribution in [0.25, 0.3) is 21.1 Å². The molecule has 0 spiro atoms. The van der Waals surface area contributed by atoms with Crippen molar-refractivity contribution in [3.8, 4) is 10.6 Å². The van der Waals surface area contributed by atoms with Crippen molar-refractivity contribution in [2.75, 3.05) is 0 Å². The Hall–Kier alpha value is -1.78. The van der Waals surface area contributed by atoms with Gasteiger partial charge >= 0.3 is 0 Å². The van der Waals surface area contributed by atoms with Gasteiger partial charge in [0.15, 0.2) is 5.76 Å². The minimum absolute atomic E-state index is 0.228. The molecule has 0 aliphatic carbocycles. The molecule has 2 aromatic heterocycles. The molecule has 0 atom stereocenters. The summed E-state index contributed by atoms with van der Waals surface area (Å²) in [6.07, 6.45) is 0. The maximum atomic E-state index is 8.12. The lowest BCUT2D eigenvalue weighted by atomic mass is 10.3. The minimum Gasteiger partial charge on any atom is -0.355 e. The zero-order valence-corrected chi connectivity index (χ0v) is 7.94. The fourth-order valence-corrected chi connectivity index (χ4v) is 1.70. The number of thiophene rings is 1. The second-order valence-electron chi connectivity index (χ2n) is 2.55. The van der Waals surface area contributed by atoms with E-state index in [9.17, 15) is 0 Å². The normalized spacial score (nSPS) is 9.71. The van der Waals surface area contributed by atoms with Gasteiger partial charge < -0.3 is 4.52 Å². The van der Waals surface area contributed by atoms with Crippen LogP contribution < -0.4 is 0 Å². The summed E-state index contributed by atoms with van der Waals surface area (Å²) in [6.45, 7) is 0.228. The van der Waals surface area contributed by atoms with Crippen molar-refractivity contribution in [2.24, 2.45) is 5.11 Å². The summed E-state index contributed by atoms with van der Waals surface area (Å²) in [5.74, 6) is 0.711.